The minimum Gasteiger partial charge on any atom is -0.449 e. The van der Waals surface area contributed by atoms with E-state index in [0.29, 0.717) is 5.69 Å². The molecule has 4 rings (SSSR count). The van der Waals surface area contributed by atoms with Crippen LogP contribution in [0.4, 0.5) is 15.3 Å². The van der Waals surface area contributed by atoms with Crippen LogP contribution in [0.1, 0.15) is 58.6 Å². The number of carbonyl (C=O) groups excluding carboxylic acids is 5. The summed E-state index contributed by atoms with van der Waals surface area (Å²) < 4.78 is 5.58. The van der Waals surface area contributed by atoms with Crippen LogP contribution in [0.15, 0.2) is 78.9 Å². The van der Waals surface area contributed by atoms with Gasteiger partial charge in [-0.15, -0.1) is 0 Å². The summed E-state index contributed by atoms with van der Waals surface area (Å²) in [6.45, 7) is 10.8. The lowest BCUT2D eigenvalue weighted by molar-refractivity contribution is -0.141. The highest BCUT2D eigenvalue weighted by molar-refractivity contribution is 6.35. The SMILES string of the molecule is CC.CC(NC(=O)C(=O)NC(C)(C)C)C(=O)NNC(=O)N(CCNC(=O)OCC1c2ccccc2-c2ccccc21)c1ccccc1. The van der Waals surface area contributed by atoms with E-state index in [1.54, 1.807) is 51.1 Å². The monoisotopic (exact) mass is 644 g/mol. The standard InChI is InChI=1S/C33H38N6O6.C2H6/c1-21(35-29(41)30(42)36-33(2,3)4)28(40)37-38-31(43)39(22-12-6-5-7-13-22)19-18-34-32(44)45-20-27-25-16-10-8-14-23(25)24-15-9-11-17-26(24)27;1-2/h5-17,21,27H,18-20H2,1-4H3,(H,34,44)(H,35,41)(H,36,42)(H,37,40)(H,38,43);1-2H3. The quantitative estimate of drug-likeness (QED) is 0.183. The zero-order valence-corrected chi connectivity index (χ0v) is 27.7. The van der Waals surface area contributed by atoms with Crippen LogP contribution >= 0.6 is 0 Å². The molecule has 47 heavy (non-hydrogen) atoms. The van der Waals surface area contributed by atoms with Crippen molar-refractivity contribution in [3.05, 3.63) is 90.0 Å². The normalized spacial score (nSPS) is 12.1. The van der Waals surface area contributed by atoms with Gasteiger partial charge in [0.25, 0.3) is 5.91 Å². The molecule has 3 aromatic rings. The lowest BCUT2D eigenvalue weighted by Crippen LogP contribution is -2.57. The molecular weight excluding hydrogens is 600 g/mol. The fourth-order valence-corrected chi connectivity index (χ4v) is 4.89. The first kappa shape index (κ1) is 36.1. The van der Waals surface area contributed by atoms with E-state index in [2.05, 4.69) is 38.9 Å². The molecule has 5 N–H and O–H groups in total. The molecule has 0 heterocycles. The average Bonchev–Trinajstić information content (AvgIpc) is 3.38. The Morgan fingerprint density at radius 1 is 0.787 bits per heavy atom. The van der Waals surface area contributed by atoms with E-state index in [9.17, 15) is 24.0 Å². The van der Waals surface area contributed by atoms with E-state index in [0.717, 1.165) is 22.3 Å². The van der Waals surface area contributed by atoms with Gasteiger partial charge >= 0.3 is 23.9 Å². The summed E-state index contributed by atoms with van der Waals surface area (Å²) in [7, 11) is 0. The third-order valence-corrected chi connectivity index (χ3v) is 6.99. The molecule has 3 aromatic carbocycles. The second kappa shape index (κ2) is 16.8. The molecule has 1 aliphatic rings. The zero-order valence-electron chi connectivity index (χ0n) is 27.7. The predicted octanol–water partition coefficient (Wildman–Crippen LogP) is 4.22. The number of rotatable bonds is 8. The first-order valence-electron chi connectivity index (χ1n) is 15.6. The van der Waals surface area contributed by atoms with Crippen molar-refractivity contribution in [1.82, 2.24) is 26.8 Å². The van der Waals surface area contributed by atoms with Crippen LogP contribution in [-0.4, -0.2) is 61.1 Å². The molecule has 0 fully saturated rings. The second-order valence-electron chi connectivity index (χ2n) is 11.6. The maximum Gasteiger partial charge on any atom is 0.407 e. The Morgan fingerprint density at radius 2 is 1.34 bits per heavy atom. The number of ether oxygens (including phenoxy) is 1. The van der Waals surface area contributed by atoms with Gasteiger partial charge in [0.2, 0.25) is 0 Å². The molecule has 12 nitrogen and oxygen atoms in total. The molecule has 0 aromatic heterocycles. The van der Waals surface area contributed by atoms with Gasteiger partial charge in [0.15, 0.2) is 0 Å². The number of hydrogen-bond donors (Lipinski definition) is 5. The Balaban J connectivity index is 0.00000294. The topological polar surface area (TPSA) is 158 Å². The second-order valence-corrected chi connectivity index (χ2v) is 11.6. The fourth-order valence-electron chi connectivity index (χ4n) is 4.89. The Morgan fingerprint density at radius 3 is 1.91 bits per heavy atom. The number of anilines is 1. The number of para-hydroxylation sites is 1. The van der Waals surface area contributed by atoms with Crippen LogP contribution in [0.25, 0.3) is 11.1 Å². The molecule has 0 aliphatic heterocycles. The molecule has 1 unspecified atom stereocenters. The van der Waals surface area contributed by atoms with Gasteiger partial charge in [0.1, 0.15) is 12.6 Å². The molecule has 0 bridgehead atoms. The predicted molar refractivity (Wildman–Crippen MR) is 180 cm³/mol. The van der Waals surface area contributed by atoms with Gasteiger partial charge in [-0.3, -0.25) is 24.7 Å². The highest BCUT2D eigenvalue weighted by Crippen LogP contribution is 2.44. The summed E-state index contributed by atoms with van der Waals surface area (Å²) in [6, 6.07) is 23.0. The first-order chi connectivity index (χ1) is 22.4. The summed E-state index contributed by atoms with van der Waals surface area (Å²) in [5.41, 5.74) is 8.90. The number of fused-ring (bicyclic) bond motifs is 3. The van der Waals surface area contributed by atoms with Gasteiger partial charge in [-0.25, -0.2) is 15.0 Å². The molecule has 0 saturated heterocycles. The third kappa shape index (κ3) is 10.1. The van der Waals surface area contributed by atoms with E-state index >= 15 is 0 Å². The van der Waals surface area contributed by atoms with Gasteiger partial charge in [0, 0.05) is 30.2 Å². The van der Waals surface area contributed by atoms with Crippen LogP contribution in [0.3, 0.4) is 0 Å². The van der Waals surface area contributed by atoms with Crippen LogP contribution < -0.4 is 31.7 Å². The first-order valence-corrected chi connectivity index (χ1v) is 15.6. The number of hydrazine groups is 1. The molecule has 0 saturated carbocycles. The molecule has 250 valence electrons. The minimum absolute atomic E-state index is 0.0508. The van der Waals surface area contributed by atoms with Crippen LogP contribution in [-0.2, 0) is 19.1 Å². The minimum atomic E-state index is -1.12. The van der Waals surface area contributed by atoms with E-state index in [4.69, 9.17) is 4.74 Å². The van der Waals surface area contributed by atoms with E-state index in [1.807, 2.05) is 50.2 Å². The third-order valence-electron chi connectivity index (χ3n) is 6.99. The number of nitrogens with one attached hydrogen (secondary N) is 5. The van der Waals surface area contributed by atoms with Gasteiger partial charge in [0.05, 0.1) is 0 Å². The van der Waals surface area contributed by atoms with Crippen molar-refractivity contribution in [2.24, 2.45) is 0 Å². The maximum absolute atomic E-state index is 13.1. The van der Waals surface area contributed by atoms with E-state index in [-0.39, 0.29) is 25.6 Å². The van der Waals surface area contributed by atoms with Crippen molar-refractivity contribution in [2.45, 2.75) is 59.0 Å². The summed E-state index contributed by atoms with van der Waals surface area (Å²) in [6.07, 6.45) is -0.626. The highest BCUT2D eigenvalue weighted by atomic mass is 16.5. The van der Waals surface area contributed by atoms with E-state index < -0.39 is 41.4 Å². The number of hydrogen-bond acceptors (Lipinski definition) is 6. The fraction of sp³-hybridized carbons (Fsp3) is 0.343. The van der Waals surface area contributed by atoms with Crippen molar-refractivity contribution in [3.63, 3.8) is 0 Å². The summed E-state index contributed by atoms with van der Waals surface area (Å²) in [5.74, 6) is -2.70. The number of carbonyl (C=O) groups is 5. The van der Waals surface area contributed by atoms with Crippen molar-refractivity contribution >= 4 is 35.5 Å². The number of amides is 6. The van der Waals surface area contributed by atoms with Gasteiger partial charge in [-0.2, -0.15) is 0 Å². The smallest absolute Gasteiger partial charge is 0.407 e. The lowest BCUT2D eigenvalue weighted by Gasteiger charge is -2.24. The van der Waals surface area contributed by atoms with Crippen molar-refractivity contribution in [2.75, 3.05) is 24.6 Å². The highest BCUT2D eigenvalue weighted by Gasteiger charge is 2.29. The van der Waals surface area contributed by atoms with E-state index in [1.165, 1.54) is 11.8 Å². The van der Waals surface area contributed by atoms with Gasteiger partial charge in [-0.1, -0.05) is 80.6 Å². The maximum atomic E-state index is 13.1. The largest absolute Gasteiger partial charge is 0.449 e. The molecule has 12 heteroatoms. The number of benzene rings is 3. The molecular formula is C35H44N6O6. The Bertz CT molecular complexity index is 1510. The molecule has 0 spiro atoms. The van der Waals surface area contributed by atoms with Crippen molar-refractivity contribution in [1.29, 1.82) is 0 Å². The van der Waals surface area contributed by atoms with Gasteiger partial charge < -0.3 is 20.7 Å². The Kier molecular flexibility index (Phi) is 12.9. The number of alkyl carbamates (subject to hydrolysis) is 1. The van der Waals surface area contributed by atoms with Crippen LogP contribution in [0.5, 0.6) is 0 Å². The summed E-state index contributed by atoms with van der Waals surface area (Å²) in [4.78, 5) is 63.7. The Hall–Kier alpha value is -5.39. The zero-order chi connectivity index (χ0) is 34.6. The molecule has 0 radical (unpaired) electrons. The summed E-state index contributed by atoms with van der Waals surface area (Å²) >= 11 is 0. The van der Waals surface area contributed by atoms with Crippen LogP contribution in [0.2, 0.25) is 0 Å². The summed E-state index contributed by atoms with van der Waals surface area (Å²) in [5, 5.41) is 7.48. The lowest BCUT2D eigenvalue weighted by atomic mass is 9.98. The number of urea groups is 1. The van der Waals surface area contributed by atoms with Crippen molar-refractivity contribution < 1.29 is 28.7 Å². The average molecular weight is 645 g/mol. The number of nitrogens with zero attached hydrogens (tertiary/aromatic N) is 1. The molecule has 6 amide bonds. The Labute approximate surface area is 275 Å². The molecule has 1 aliphatic carbocycles. The van der Waals surface area contributed by atoms with Crippen molar-refractivity contribution in [3.8, 4) is 11.1 Å². The van der Waals surface area contributed by atoms with Gasteiger partial charge in [-0.05, 0) is 62.1 Å². The van der Waals surface area contributed by atoms with Crippen LogP contribution in [0, 0.1) is 0 Å². The molecule has 1 atom stereocenters.